The Labute approximate surface area is 94.5 Å². The van der Waals surface area contributed by atoms with E-state index in [0.29, 0.717) is 11.7 Å². The molecule has 0 unspecified atom stereocenters. The molecule has 1 aliphatic heterocycles. The molecular weight excluding hydrogens is 200 g/mol. The van der Waals surface area contributed by atoms with E-state index < -0.39 is 0 Å². The van der Waals surface area contributed by atoms with Crippen LogP contribution in [0.2, 0.25) is 0 Å². The molecule has 0 saturated carbocycles. The topological polar surface area (TPSA) is 48.0 Å². The van der Waals surface area contributed by atoms with Crippen LogP contribution < -0.4 is 5.32 Å². The summed E-state index contributed by atoms with van der Waals surface area (Å²) in [6.45, 7) is 2.19. The Morgan fingerprint density at radius 3 is 2.81 bits per heavy atom. The normalized spacial score (nSPS) is 18.0. The summed E-state index contributed by atoms with van der Waals surface area (Å²) in [5, 5.41) is 14.1. The third-order valence-electron chi connectivity index (χ3n) is 3.48. The summed E-state index contributed by atoms with van der Waals surface area (Å²) in [6, 6.07) is 5.53. The van der Waals surface area contributed by atoms with Gasteiger partial charge in [-0.3, -0.25) is 0 Å². The molecule has 1 fully saturated rings. The lowest BCUT2D eigenvalue weighted by atomic mass is 9.90. The molecule has 0 aliphatic carbocycles. The van der Waals surface area contributed by atoms with E-state index in [9.17, 15) is 5.11 Å². The Morgan fingerprint density at radius 2 is 2.00 bits per heavy atom. The number of aromatic nitrogens is 1. The number of phenolic OH excluding ortho intramolecular Hbond substituents is 1. The minimum absolute atomic E-state index is 0.349. The molecule has 1 saturated heterocycles. The lowest BCUT2D eigenvalue weighted by Gasteiger charge is -2.22. The molecule has 3 N–H and O–H groups in total. The number of H-pyrrole nitrogens is 1. The maximum atomic E-state index is 9.55. The zero-order valence-electron chi connectivity index (χ0n) is 9.16. The van der Waals surface area contributed by atoms with Gasteiger partial charge in [0.1, 0.15) is 5.75 Å². The Morgan fingerprint density at radius 1 is 1.19 bits per heavy atom. The molecule has 0 atom stereocenters. The van der Waals surface area contributed by atoms with Gasteiger partial charge < -0.3 is 15.4 Å². The van der Waals surface area contributed by atoms with E-state index in [1.807, 2.05) is 12.1 Å². The van der Waals surface area contributed by atoms with Crippen LogP contribution in [0.15, 0.2) is 24.4 Å². The average Bonchev–Trinajstić information content (AvgIpc) is 2.73. The molecule has 3 nitrogen and oxygen atoms in total. The van der Waals surface area contributed by atoms with Crippen molar-refractivity contribution >= 4 is 10.9 Å². The number of nitrogens with one attached hydrogen (secondary N) is 2. The summed E-state index contributed by atoms with van der Waals surface area (Å²) in [6.07, 6.45) is 4.46. The predicted molar refractivity (Wildman–Crippen MR) is 64.8 cm³/mol. The van der Waals surface area contributed by atoms with E-state index in [4.69, 9.17) is 0 Å². The number of phenols is 1. The lowest BCUT2D eigenvalue weighted by Crippen LogP contribution is -2.26. The number of aromatic amines is 1. The number of rotatable bonds is 1. The lowest BCUT2D eigenvalue weighted by molar-refractivity contribution is 0.462. The second-order valence-corrected chi connectivity index (χ2v) is 4.50. The first-order valence-corrected chi connectivity index (χ1v) is 5.85. The van der Waals surface area contributed by atoms with Crippen LogP contribution in [0.25, 0.3) is 10.9 Å². The monoisotopic (exact) mass is 216 g/mol. The first-order chi connectivity index (χ1) is 7.84. The Balaban J connectivity index is 2.05. The van der Waals surface area contributed by atoms with Gasteiger partial charge in [-0.05, 0) is 55.6 Å². The SMILES string of the molecule is Oc1ccc2[nH]cc(C3CCNCC3)c2c1. The maximum absolute atomic E-state index is 9.55. The van der Waals surface area contributed by atoms with Crippen LogP contribution in [-0.2, 0) is 0 Å². The van der Waals surface area contributed by atoms with Crippen molar-refractivity contribution in [2.75, 3.05) is 13.1 Å². The Hall–Kier alpha value is -1.48. The molecule has 1 aliphatic rings. The van der Waals surface area contributed by atoms with Gasteiger partial charge >= 0.3 is 0 Å². The molecule has 3 rings (SSSR count). The fourth-order valence-electron chi connectivity index (χ4n) is 2.60. The third-order valence-corrected chi connectivity index (χ3v) is 3.48. The van der Waals surface area contributed by atoms with Crippen molar-refractivity contribution < 1.29 is 5.11 Å². The number of hydrogen-bond acceptors (Lipinski definition) is 2. The molecule has 2 aromatic rings. The minimum atomic E-state index is 0.349. The quantitative estimate of drug-likeness (QED) is 0.685. The molecule has 0 radical (unpaired) electrons. The second-order valence-electron chi connectivity index (χ2n) is 4.50. The van der Waals surface area contributed by atoms with Crippen molar-refractivity contribution in [1.82, 2.24) is 10.3 Å². The molecule has 2 heterocycles. The van der Waals surface area contributed by atoms with Crippen molar-refractivity contribution in [3.8, 4) is 5.75 Å². The highest BCUT2D eigenvalue weighted by molar-refractivity contribution is 5.85. The van der Waals surface area contributed by atoms with E-state index in [1.54, 1.807) is 6.07 Å². The molecule has 0 bridgehead atoms. The Bertz CT molecular complexity index is 498. The highest BCUT2D eigenvalue weighted by Gasteiger charge is 2.18. The van der Waals surface area contributed by atoms with Crippen LogP contribution in [0, 0.1) is 0 Å². The average molecular weight is 216 g/mol. The van der Waals surface area contributed by atoms with E-state index in [-0.39, 0.29) is 0 Å². The van der Waals surface area contributed by atoms with E-state index in [0.717, 1.165) is 18.6 Å². The highest BCUT2D eigenvalue weighted by atomic mass is 16.3. The fraction of sp³-hybridized carbons (Fsp3) is 0.385. The number of piperidine rings is 1. The van der Waals surface area contributed by atoms with Crippen LogP contribution in [0.3, 0.4) is 0 Å². The summed E-state index contributed by atoms with van der Waals surface area (Å²) < 4.78 is 0. The standard InChI is InChI=1S/C13H16N2O/c16-10-1-2-13-11(7-10)12(8-15-13)9-3-5-14-6-4-9/h1-2,7-9,14-16H,3-6H2. The molecule has 1 aromatic carbocycles. The number of fused-ring (bicyclic) bond motifs is 1. The molecule has 0 amide bonds. The first kappa shape index (κ1) is 9.73. The van der Waals surface area contributed by atoms with Crippen LogP contribution in [-0.4, -0.2) is 23.2 Å². The summed E-state index contributed by atoms with van der Waals surface area (Å²) in [4.78, 5) is 3.28. The molecule has 1 aromatic heterocycles. The van der Waals surface area contributed by atoms with Gasteiger partial charge in [0.25, 0.3) is 0 Å². The van der Waals surface area contributed by atoms with Crippen molar-refractivity contribution in [3.05, 3.63) is 30.0 Å². The number of hydrogen-bond donors (Lipinski definition) is 3. The van der Waals surface area contributed by atoms with Crippen LogP contribution in [0.4, 0.5) is 0 Å². The van der Waals surface area contributed by atoms with Gasteiger partial charge in [0.05, 0.1) is 0 Å². The minimum Gasteiger partial charge on any atom is -0.508 e. The van der Waals surface area contributed by atoms with E-state index in [1.165, 1.54) is 23.8 Å². The van der Waals surface area contributed by atoms with Gasteiger partial charge in [0.15, 0.2) is 0 Å². The fourth-order valence-corrected chi connectivity index (χ4v) is 2.60. The van der Waals surface area contributed by atoms with Crippen LogP contribution in [0.1, 0.15) is 24.3 Å². The predicted octanol–water partition coefficient (Wildman–Crippen LogP) is 2.34. The first-order valence-electron chi connectivity index (χ1n) is 5.85. The maximum Gasteiger partial charge on any atom is 0.116 e. The van der Waals surface area contributed by atoms with Gasteiger partial charge in [0.2, 0.25) is 0 Å². The molecule has 3 heteroatoms. The summed E-state index contributed by atoms with van der Waals surface area (Å²) in [5.41, 5.74) is 2.47. The summed E-state index contributed by atoms with van der Waals surface area (Å²) in [7, 11) is 0. The molecule has 16 heavy (non-hydrogen) atoms. The van der Waals surface area contributed by atoms with Gasteiger partial charge in [-0.25, -0.2) is 0 Å². The van der Waals surface area contributed by atoms with Gasteiger partial charge in [-0.1, -0.05) is 0 Å². The van der Waals surface area contributed by atoms with Crippen molar-refractivity contribution in [2.24, 2.45) is 0 Å². The molecular formula is C13H16N2O. The van der Waals surface area contributed by atoms with E-state index >= 15 is 0 Å². The van der Waals surface area contributed by atoms with Gasteiger partial charge in [0, 0.05) is 17.1 Å². The number of aromatic hydroxyl groups is 1. The molecule has 0 spiro atoms. The van der Waals surface area contributed by atoms with Gasteiger partial charge in [-0.2, -0.15) is 0 Å². The smallest absolute Gasteiger partial charge is 0.116 e. The van der Waals surface area contributed by atoms with Crippen molar-refractivity contribution in [3.63, 3.8) is 0 Å². The molecule has 84 valence electrons. The number of benzene rings is 1. The van der Waals surface area contributed by atoms with Crippen molar-refractivity contribution in [2.45, 2.75) is 18.8 Å². The highest BCUT2D eigenvalue weighted by Crippen LogP contribution is 2.32. The zero-order valence-corrected chi connectivity index (χ0v) is 9.16. The summed E-state index contributed by atoms with van der Waals surface area (Å²) >= 11 is 0. The van der Waals surface area contributed by atoms with Gasteiger partial charge in [-0.15, -0.1) is 0 Å². The van der Waals surface area contributed by atoms with E-state index in [2.05, 4.69) is 16.5 Å². The zero-order chi connectivity index (χ0) is 11.0. The Kier molecular flexibility index (Phi) is 2.33. The van der Waals surface area contributed by atoms with Crippen molar-refractivity contribution in [1.29, 1.82) is 0 Å². The second kappa shape index (κ2) is 3.83. The summed E-state index contributed by atoms with van der Waals surface area (Å²) in [5.74, 6) is 0.971. The van der Waals surface area contributed by atoms with Crippen LogP contribution in [0.5, 0.6) is 5.75 Å². The van der Waals surface area contributed by atoms with Crippen LogP contribution >= 0.6 is 0 Å². The third kappa shape index (κ3) is 1.57. The largest absolute Gasteiger partial charge is 0.508 e.